The summed E-state index contributed by atoms with van der Waals surface area (Å²) in [6, 6.07) is 13.5. The standard InChI is InChI=1S/C26H29N3O5/c1-27-26(32)23(19-6-3-2-4-7-19)29-25(31)22-14-13-20(34-22)18-11-9-17(10-12-18)16-28-24(30)21-8-5-15-33-21/h5,8-15,19,23H,2-4,6-7,16H2,1H3,(H,27,32)(H,28,30)(H,29,31). The van der Waals surface area contributed by atoms with Gasteiger partial charge < -0.3 is 24.8 Å². The van der Waals surface area contributed by atoms with Gasteiger partial charge in [-0.25, -0.2) is 0 Å². The van der Waals surface area contributed by atoms with E-state index in [2.05, 4.69) is 16.0 Å². The number of nitrogens with one attached hydrogen (secondary N) is 3. The molecule has 3 aromatic rings. The molecule has 1 saturated carbocycles. The van der Waals surface area contributed by atoms with Crippen molar-refractivity contribution < 1.29 is 23.2 Å². The average molecular weight is 464 g/mol. The lowest BCUT2D eigenvalue weighted by Gasteiger charge is -2.29. The molecular weight excluding hydrogens is 434 g/mol. The van der Waals surface area contributed by atoms with E-state index in [-0.39, 0.29) is 29.3 Å². The van der Waals surface area contributed by atoms with E-state index in [1.165, 1.54) is 12.7 Å². The minimum Gasteiger partial charge on any atom is -0.459 e. The minimum atomic E-state index is -0.568. The second-order valence-electron chi connectivity index (χ2n) is 8.48. The molecule has 0 spiro atoms. The van der Waals surface area contributed by atoms with Crippen LogP contribution in [0.15, 0.2) is 63.6 Å². The van der Waals surface area contributed by atoms with Crippen molar-refractivity contribution in [2.24, 2.45) is 5.92 Å². The maximum absolute atomic E-state index is 12.8. The monoisotopic (exact) mass is 463 g/mol. The van der Waals surface area contributed by atoms with Gasteiger partial charge >= 0.3 is 0 Å². The largest absolute Gasteiger partial charge is 0.459 e. The van der Waals surface area contributed by atoms with Crippen LogP contribution in [0, 0.1) is 5.92 Å². The van der Waals surface area contributed by atoms with E-state index in [0.717, 1.165) is 36.8 Å². The molecule has 1 unspecified atom stereocenters. The van der Waals surface area contributed by atoms with Crippen molar-refractivity contribution in [3.63, 3.8) is 0 Å². The molecule has 3 N–H and O–H groups in total. The summed E-state index contributed by atoms with van der Waals surface area (Å²) in [7, 11) is 1.58. The van der Waals surface area contributed by atoms with Gasteiger partial charge in [0.15, 0.2) is 11.5 Å². The van der Waals surface area contributed by atoms with Crippen LogP contribution in [-0.4, -0.2) is 30.8 Å². The summed E-state index contributed by atoms with van der Waals surface area (Å²) < 4.78 is 10.9. The summed E-state index contributed by atoms with van der Waals surface area (Å²) in [5.74, 6) is 0.247. The van der Waals surface area contributed by atoms with Crippen LogP contribution in [0.3, 0.4) is 0 Å². The summed E-state index contributed by atoms with van der Waals surface area (Å²) in [4.78, 5) is 37.2. The summed E-state index contributed by atoms with van der Waals surface area (Å²) in [5.41, 5.74) is 1.71. The third-order valence-electron chi connectivity index (χ3n) is 6.20. The molecule has 34 heavy (non-hydrogen) atoms. The van der Waals surface area contributed by atoms with Gasteiger partial charge in [0.2, 0.25) is 5.91 Å². The molecule has 3 amide bonds. The van der Waals surface area contributed by atoms with Crippen molar-refractivity contribution in [1.29, 1.82) is 0 Å². The summed E-state index contributed by atoms with van der Waals surface area (Å²) in [6.07, 6.45) is 6.62. The summed E-state index contributed by atoms with van der Waals surface area (Å²) in [5, 5.41) is 8.34. The fraction of sp³-hybridized carbons (Fsp3) is 0.346. The first kappa shape index (κ1) is 23.4. The Morgan fingerprint density at radius 1 is 0.941 bits per heavy atom. The summed E-state index contributed by atoms with van der Waals surface area (Å²) >= 11 is 0. The van der Waals surface area contributed by atoms with Crippen LogP contribution in [0.4, 0.5) is 0 Å². The predicted molar refractivity (Wildman–Crippen MR) is 126 cm³/mol. The molecule has 1 atom stereocenters. The number of carbonyl (C=O) groups excluding carboxylic acids is 3. The van der Waals surface area contributed by atoms with Gasteiger partial charge in [-0.2, -0.15) is 0 Å². The number of benzene rings is 1. The zero-order valence-corrected chi connectivity index (χ0v) is 19.1. The van der Waals surface area contributed by atoms with Gasteiger partial charge in [-0.15, -0.1) is 0 Å². The van der Waals surface area contributed by atoms with Gasteiger partial charge in [-0.3, -0.25) is 14.4 Å². The van der Waals surface area contributed by atoms with Gasteiger partial charge in [-0.05, 0) is 48.6 Å². The minimum absolute atomic E-state index is 0.132. The Labute approximate surface area is 198 Å². The van der Waals surface area contributed by atoms with Crippen LogP contribution in [-0.2, 0) is 11.3 Å². The predicted octanol–water partition coefficient (Wildman–Crippen LogP) is 3.89. The van der Waals surface area contributed by atoms with Crippen LogP contribution in [0.1, 0.15) is 58.8 Å². The van der Waals surface area contributed by atoms with Crippen molar-refractivity contribution in [2.75, 3.05) is 7.05 Å². The molecule has 0 bridgehead atoms. The van der Waals surface area contributed by atoms with E-state index < -0.39 is 11.9 Å². The van der Waals surface area contributed by atoms with E-state index in [9.17, 15) is 14.4 Å². The molecule has 1 aromatic carbocycles. The normalized spacial score (nSPS) is 14.9. The Bertz CT molecular complexity index is 1110. The van der Waals surface area contributed by atoms with Gasteiger partial charge in [-0.1, -0.05) is 43.5 Å². The van der Waals surface area contributed by atoms with Crippen molar-refractivity contribution in [1.82, 2.24) is 16.0 Å². The molecule has 8 heteroatoms. The third-order valence-corrected chi connectivity index (χ3v) is 6.20. The van der Waals surface area contributed by atoms with E-state index in [1.54, 1.807) is 31.3 Å². The molecule has 2 heterocycles. The number of amides is 3. The zero-order valence-electron chi connectivity index (χ0n) is 19.1. The lowest BCUT2D eigenvalue weighted by molar-refractivity contribution is -0.124. The Balaban J connectivity index is 1.37. The molecule has 1 aliphatic carbocycles. The van der Waals surface area contributed by atoms with Crippen LogP contribution in [0.25, 0.3) is 11.3 Å². The number of rotatable bonds is 8. The zero-order chi connectivity index (χ0) is 23.9. The van der Waals surface area contributed by atoms with Crippen molar-refractivity contribution in [3.8, 4) is 11.3 Å². The number of carbonyl (C=O) groups is 3. The highest BCUT2D eigenvalue weighted by Gasteiger charge is 2.31. The van der Waals surface area contributed by atoms with Crippen molar-refractivity contribution in [2.45, 2.75) is 44.7 Å². The summed E-state index contributed by atoms with van der Waals surface area (Å²) in [6.45, 7) is 0.355. The highest BCUT2D eigenvalue weighted by Crippen LogP contribution is 2.27. The first-order chi connectivity index (χ1) is 16.5. The maximum atomic E-state index is 12.8. The highest BCUT2D eigenvalue weighted by atomic mass is 16.4. The lowest BCUT2D eigenvalue weighted by Crippen LogP contribution is -2.50. The molecular formula is C26H29N3O5. The van der Waals surface area contributed by atoms with Crippen LogP contribution in [0.5, 0.6) is 0 Å². The molecule has 178 valence electrons. The second kappa shape index (κ2) is 10.9. The van der Waals surface area contributed by atoms with Gasteiger partial charge in [0.25, 0.3) is 11.8 Å². The molecule has 2 aromatic heterocycles. The topological polar surface area (TPSA) is 114 Å². The van der Waals surface area contributed by atoms with E-state index in [4.69, 9.17) is 8.83 Å². The fourth-order valence-corrected chi connectivity index (χ4v) is 4.31. The molecule has 8 nitrogen and oxygen atoms in total. The molecule has 4 rings (SSSR count). The first-order valence-corrected chi connectivity index (χ1v) is 11.6. The fourth-order valence-electron chi connectivity index (χ4n) is 4.31. The van der Waals surface area contributed by atoms with Crippen molar-refractivity contribution >= 4 is 17.7 Å². The van der Waals surface area contributed by atoms with E-state index >= 15 is 0 Å². The molecule has 1 fully saturated rings. The smallest absolute Gasteiger partial charge is 0.287 e. The van der Waals surface area contributed by atoms with Gasteiger partial charge in [0.1, 0.15) is 11.8 Å². The highest BCUT2D eigenvalue weighted by molar-refractivity contribution is 5.96. The van der Waals surface area contributed by atoms with Crippen LogP contribution in [0.2, 0.25) is 0 Å². The Morgan fingerprint density at radius 3 is 2.38 bits per heavy atom. The van der Waals surface area contributed by atoms with Crippen LogP contribution >= 0.6 is 0 Å². The number of hydrogen-bond donors (Lipinski definition) is 3. The van der Waals surface area contributed by atoms with E-state index in [0.29, 0.717) is 12.3 Å². The molecule has 0 aliphatic heterocycles. The number of likely N-dealkylation sites (N-methyl/N-ethyl adjacent to an activating group) is 1. The molecule has 0 radical (unpaired) electrons. The van der Waals surface area contributed by atoms with Crippen LogP contribution < -0.4 is 16.0 Å². The third kappa shape index (κ3) is 5.57. The maximum Gasteiger partial charge on any atom is 0.287 e. The van der Waals surface area contributed by atoms with Gasteiger partial charge in [0, 0.05) is 19.2 Å². The average Bonchev–Trinajstić information content (AvgIpc) is 3.59. The Morgan fingerprint density at radius 2 is 1.71 bits per heavy atom. The SMILES string of the molecule is CNC(=O)C(NC(=O)c1ccc(-c2ccc(CNC(=O)c3ccco3)cc2)o1)C1CCCCC1. The van der Waals surface area contributed by atoms with Crippen molar-refractivity contribution in [3.05, 3.63) is 71.9 Å². The Hall–Kier alpha value is -3.81. The number of furan rings is 2. The lowest BCUT2D eigenvalue weighted by atomic mass is 9.83. The molecule has 1 aliphatic rings. The molecule has 0 saturated heterocycles. The quantitative estimate of drug-likeness (QED) is 0.469. The van der Waals surface area contributed by atoms with E-state index in [1.807, 2.05) is 24.3 Å². The first-order valence-electron chi connectivity index (χ1n) is 11.6. The Kier molecular flexibility index (Phi) is 7.47. The number of hydrogen-bond acceptors (Lipinski definition) is 5. The second-order valence-corrected chi connectivity index (χ2v) is 8.48. The van der Waals surface area contributed by atoms with Gasteiger partial charge in [0.05, 0.1) is 6.26 Å².